The topological polar surface area (TPSA) is 85.9 Å². The van der Waals surface area contributed by atoms with Crippen LogP contribution in [-0.4, -0.2) is 12.5 Å². The molecular weight excluding hydrogens is 326 g/mol. The lowest BCUT2D eigenvalue weighted by Crippen LogP contribution is -2.27. The summed E-state index contributed by atoms with van der Waals surface area (Å²) in [6.45, 7) is 2.00. The third-order valence-electron chi connectivity index (χ3n) is 3.20. The average molecular weight is 340 g/mol. The Kier molecular flexibility index (Phi) is 5.78. The van der Waals surface area contributed by atoms with Crippen LogP contribution in [0.15, 0.2) is 42.5 Å². The van der Waals surface area contributed by atoms with E-state index in [2.05, 4.69) is 11.4 Å². The molecule has 0 aromatic heterocycles. The standard InChI is InChI=1S/C18H14ClN3O2/c1-12(9-20)11-22-18(23)13-4-2-5-14(8-13)24-17-7-3-6-16(19)15(17)10-21/h2-8,12H,11H2,1H3,(H,22,23)/t12-/m1/s1. The van der Waals surface area contributed by atoms with E-state index in [0.717, 1.165) is 0 Å². The van der Waals surface area contributed by atoms with Gasteiger partial charge in [-0.3, -0.25) is 4.79 Å². The number of hydrogen-bond donors (Lipinski definition) is 1. The average Bonchev–Trinajstić information content (AvgIpc) is 2.59. The number of rotatable bonds is 5. The predicted molar refractivity (Wildman–Crippen MR) is 89.8 cm³/mol. The van der Waals surface area contributed by atoms with Crippen molar-refractivity contribution in [2.24, 2.45) is 5.92 Å². The Labute approximate surface area is 145 Å². The van der Waals surface area contributed by atoms with Gasteiger partial charge in [-0.25, -0.2) is 0 Å². The molecule has 1 N–H and O–H groups in total. The minimum Gasteiger partial charge on any atom is -0.456 e. The van der Waals surface area contributed by atoms with E-state index < -0.39 is 0 Å². The van der Waals surface area contributed by atoms with Crippen molar-refractivity contribution >= 4 is 17.5 Å². The van der Waals surface area contributed by atoms with Crippen LogP contribution in [0.3, 0.4) is 0 Å². The van der Waals surface area contributed by atoms with Crippen LogP contribution in [0.5, 0.6) is 11.5 Å². The summed E-state index contributed by atoms with van der Waals surface area (Å²) in [5.41, 5.74) is 0.634. The van der Waals surface area contributed by atoms with Crippen LogP contribution in [0.1, 0.15) is 22.8 Å². The van der Waals surface area contributed by atoms with Gasteiger partial charge in [-0.15, -0.1) is 0 Å². The van der Waals surface area contributed by atoms with Crippen molar-refractivity contribution in [2.45, 2.75) is 6.92 Å². The summed E-state index contributed by atoms with van der Waals surface area (Å²) >= 11 is 5.97. The molecule has 120 valence electrons. The number of nitriles is 2. The first-order chi connectivity index (χ1) is 11.5. The summed E-state index contributed by atoms with van der Waals surface area (Å²) in [4.78, 5) is 12.1. The van der Waals surface area contributed by atoms with Crippen LogP contribution >= 0.6 is 11.6 Å². The monoisotopic (exact) mass is 339 g/mol. The highest BCUT2D eigenvalue weighted by molar-refractivity contribution is 6.31. The van der Waals surface area contributed by atoms with Gasteiger partial charge in [-0.05, 0) is 37.3 Å². The maximum Gasteiger partial charge on any atom is 0.251 e. The van der Waals surface area contributed by atoms with Crippen molar-refractivity contribution in [3.05, 3.63) is 58.6 Å². The fourth-order valence-electron chi connectivity index (χ4n) is 1.92. The molecule has 0 fully saturated rings. The van der Waals surface area contributed by atoms with Crippen LogP contribution in [0.4, 0.5) is 0 Å². The van der Waals surface area contributed by atoms with Gasteiger partial charge in [0.25, 0.3) is 5.91 Å². The van der Waals surface area contributed by atoms with E-state index in [0.29, 0.717) is 22.1 Å². The number of nitrogens with one attached hydrogen (secondary N) is 1. The zero-order valence-corrected chi connectivity index (χ0v) is 13.7. The second-order valence-electron chi connectivity index (χ2n) is 5.09. The molecule has 2 aromatic carbocycles. The quantitative estimate of drug-likeness (QED) is 0.895. The lowest BCUT2D eigenvalue weighted by Gasteiger charge is -2.10. The molecule has 1 amide bonds. The molecule has 24 heavy (non-hydrogen) atoms. The van der Waals surface area contributed by atoms with Crippen molar-refractivity contribution in [3.63, 3.8) is 0 Å². The number of carbonyl (C=O) groups is 1. The molecule has 0 saturated heterocycles. The minimum absolute atomic E-state index is 0.233. The zero-order valence-electron chi connectivity index (χ0n) is 12.9. The molecule has 0 heterocycles. The van der Waals surface area contributed by atoms with Crippen molar-refractivity contribution in [1.29, 1.82) is 10.5 Å². The Morgan fingerprint density at radius 2 is 2.04 bits per heavy atom. The summed E-state index contributed by atoms with van der Waals surface area (Å²) in [6, 6.07) is 15.5. The minimum atomic E-state index is -0.297. The second-order valence-corrected chi connectivity index (χ2v) is 5.50. The molecule has 0 aliphatic carbocycles. The lowest BCUT2D eigenvalue weighted by atomic mass is 10.1. The molecule has 6 heteroatoms. The van der Waals surface area contributed by atoms with E-state index in [1.165, 1.54) is 0 Å². The Morgan fingerprint density at radius 1 is 1.29 bits per heavy atom. The highest BCUT2D eigenvalue weighted by Gasteiger charge is 2.11. The molecule has 0 aliphatic heterocycles. The highest BCUT2D eigenvalue weighted by Crippen LogP contribution is 2.30. The molecule has 2 aromatic rings. The summed E-state index contributed by atoms with van der Waals surface area (Å²) in [7, 11) is 0. The van der Waals surface area contributed by atoms with Crippen LogP contribution in [-0.2, 0) is 0 Å². The van der Waals surface area contributed by atoms with E-state index in [9.17, 15) is 4.79 Å². The van der Waals surface area contributed by atoms with E-state index in [-0.39, 0.29) is 23.9 Å². The summed E-state index contributed by atoms with van der Waals surface area (Å²) < 4.78 is 5.68. The van der Waals surface area contributed by atoms with Gasteiger partial charge in [0.15, 0.2) is 0 Å². The Balaban J connectivity index is 2.17. The molecule has 0 unspecified atom stereocenters. The maximum absolute atomic E-state index is 12.1. The third-order valence-corrected chi connectivity index (χ3v) is 3.52. The third kappa shape index (κ3) is 4.25. The number of nitrogens with zero attached hydrogens (tertiary/aromatic N) is 2. The first kappa shape index (κ1) is 17.3. The van der Waals surface area contributed by atoms with Gasteiger partial charge >= 0.3 is 0 Å². The van der Waals surface area contributed by atoms with Gasteiger partial charge in [0.1, 0.15) is 23.1 Å². The largest absolute Gasteiger partial charge is 0.456 e. The van der Waals surface area contributed by atoms with Gasteiger partial charge in [0.2, 0.25) is 0 Å². The number of ether oxygens (including phenoxy) is 1. The molecular formula is C18H14ClN3O2. The second kappa shape index (κ2) is 8.01. The van der Waals surface area contributed by atoms with Crippen molar-refractivity contribution in [3.8, 4) is 23.6 Å². The van der Waals surface area contributed by atoms with Crippen molar-refractivity contribution < 1.29 is 9.53 Å². The molecule has 0 aliphatic rings. The lowest BCUT2D eigenvalue weighted by molar-refractivity contribution is 0.0950. The SMILES string of the molecule is C[C@H](C#N)CNC(=O)c1cccc(Oc2cccc(Cl)c2C#N)c1. The van der Waals surface area contributed by atoms with E-state index in [1.54, 1.807) is 49.4 Å². The Bertz CT molecular complexity index is 837. The fourth-order valence-corrected chi connectivity index (χ4v) is 2.13. The summed E-state index contributed by atoms with van der Waals surface area (Å²) in [5, 5.41) is 20.9. The zero-order chi connectivity index (χ0) is 17.5. The van der Waals surface area contributed by atoms with Crippen molar-refractivity contribution in [1.82, 2.24) is 5.32 Å². The normalized spacial score (nSPS) is 11.0. The highest BCUT2D eigenvalue weighted by atomic mass is 35.5. The molecule has 0 radical (unpaired) electrons. The van der Waals surface area contributed by atoms with Gasteiger partial charge in [0, 0.05) is 12.1 Å². The van der Waals surface area contributed by atoms with E-state index in [4.69, 9.17) is 26.9 Å². The first-order valence-electron chi connectivity index (χ1n) is 7.19. The van der Waals surface area contributed by atoms with Gasteiger partial charge in [-0.2, -0.15) is 10.5 Å². The Hall–Kier alpha value is -3.02. The predicted octanol–water partition coefficient (Wildman–Crippen LogP) is 3.89. The number of halogens is 1. The molecule has 5 nitrogen and oxygen atoms in total. The number of amides is 1. The summed E-state index contributed by atoms with van der Waals surface area (Å²) in [6.07, 6.45) is 0. The fraction of sp³-hybridized carbons (Fsp3) is 0.167. The molecule has 0 bridgehead atoms. The van der Waals surface area contributed by atoms with Gasteiger partial charge < -0.3 is 10.1 Å². The molecule has 0 saturated carbocycles. The maximum atomic E-state index is 12.1. The molecule has 0 spiro atoms. The van der Waals surface area contributed by atoms with Crippen LogP contribution in [0, 0.1) is 28.6 Å². The molecule has 1 atom stereocenters. The smallest absolute Gasteiger partial charge is 0.251 e. The van der Waals surface area contributed by atoms with Crippen LogP contribution in [0.2, 0.25) is 5.02 Å². The number of benzene rings is 2. The molecule has 2 rings (SSSR count). The van der Waals surface area contributed by atoms with Crippen LogP contribution in [0.25, 0.3) is 0 Å². The van der Waals surface area contributed by atoms with Gasteiger partial charge in [-0.1, -0.05) is 23.7 Å². The summed E-state index contributed by atoms with van der Waals surface area (Å²) in [5.74, 6) is 0.169. The number of carbonyl (C=O) groups excluding carboxylic acids is 1. The van der Waals surface area contributed by atoms with Crippen molar-refractivity contribution in [2.75, 3.05) is 6.54 Å². The van der Waals surface area contributed by atoms with E-state index in [1.807, 2.05) is 6.07 Å². The Morgan fingerprint density at radius 3 is 2.75 bits per heavy atom. The first-order valence-corrected chi connectivity index (χ1v) is 7.57. The van der Waals surface area contributed by atoms with E-state index >= 15 is 0 Å². The van der Waals surface area contributed by atoms with Crippen LogP contribution < -0.4 is 10.1 Å². The number of hydrogen-bond acceptors (Lipinski definition) is 4. The van der Waals surface area contributed by atoms with Gasteiger partial charge in [0.05, 0.1) is 17.0 Å².